The number of halogens is 1. The van der Waals surface area contributed by atoms with Crippen LogP contribution in [0.5, 0.6) is 0 Å². The SMILES string of the molecule is CCNC(=NCc1ccccc1Cn1cccn1)NCC(c1ccc(C)o1)N1CCCC1.I. The van der Waals surface area contributed by atoms with Gasteiger partial charge in [-0.1, -0.05) is 24.3 Å². The third-order valence-electron chi connectivity index (χ3n) is 5.90. The Kier molecular flexibility index (Phi) is 9.80. The number of likely N-dealkylation sites (tertiary alicyclic amines) is 1. The van der Waals surface area contributed by atoms with Crippen molar-refractivity contribution >= 4 is 29.9 Å². The quantitative estimate of drug-likeness (QED) is 0.231. The molecule has 2 aromatic heterocycles. The van der Waals surface area contributed by atoms with E-state index in [1.807, 2.05) is 36.1 Å². The Morgan fingerprint density at radius 1 is 1.09 bits per heavy atom. The molecule has 33 heavy (non-hydrogen) atoms. The normalized spacial score (nSPS) is 15.3. The van der Waals surface area contributed by atoms with E-state index < -0.39 is 0 Å². The van der Waals surface area contributed by atoms with Gasteiger partial charge in [0.25, 0.3) is 0 Å². The fourth-order valence-electron chi connectivity index (χ4n) is 4.23. The maximum Gasteiger partial charge on any atom is 0.191 e. The summed E-state index contributed by atoms with van der Waals surface area (Å²) in [5.41, 5.74) is 2.44. The summed E-state index contributed by atoms with van der Waals surface area (Å²) in [5, 5.41) is 11.3. The molecule has 1 unspecified atom stereocenters. The number of nitrogens with zero attached hydrogens (tertiary/aromatic N) is 4. The average molecular weight is 563 g/mol. The van der Waals surface area contributed by atoms with Gasteiger partial charge in [0.2, 0.25) is 0 Å². The summed E-state index contributed by atoms with van der Waals surface area (Å²) in [7, 11) is 0. The first kappa shape index (κ1) is 25.3. The van der Waals surface area contributed by atoms with Gasteiger partial charge in [0.1, 0.15) is 11.5 Å². The fourth-order valence-corrected chi connectivity index (χ4v) is 4.23. The van der Waals surface area contributed by atoms with Gasteiger partial charge in [-0.05, 0) is 69.1 Å². The summed E-state index contributed by atoms with van der Waals surface area (Å²) >= 11 is 0. The standard InChI is InChI=1S/C25H34N6O.HI/c1-3-26-25(27-17-21-9-4-5-10-22(21)19-31-16-8-13-29-31)28-18-23(30-14-6-7-15-30)24-12-11-20(2)32-24;/h4-5,8-13,16,23H,3,6-7,14-15,17-19H2,1-2H3,(H2,26,27,28);1H. The second-order valence-electron chi connectivity index (χ2n) is 8.26. The Bertz CT molecular complexity index is 994. The third-order valence-corrected chi connectivity index (χ3v) is 5.90. The van der Waals surface area contributed by atoms with Gasteiger partial charge in [0.15, 0.2) is 5.96 Å². The molecule has 1 fully saturated rings. The van der Waals surface area contributed by atoms with Crippen molar-refractivity contribution in [3.05, 3.63) is 77.5 Å². The maximum absolute atomic E-state index is 6.00. The first-order chi connectivity index (χ1) is 15.7. The van der Waals surface area contributed by atoms with E-state index in [2.05, 4.69) is 57.9 Å². The first-order valence-electron chi connectivity index (χ1n) is 11.6. The highest BCUT2D eigenvalue weighted by atomic mass is 127. The minimum Gasteiger partial charge on any atom is -0.465 e. The Balaban J connectivity index is 0.00000306. The Hall–Kier alpha value is -2.33. The van der Waals surface area contributed by atoms with Gasteiger partial charge < -0.3 is 15.1 Å². The lowest BCUT2D eigenvalue weighted by Crippen LogP contribution is -2.42. The summed E-state index contributed by atoms with van der Waals surface area (Å²) in [6.45, 7) is 9.25. The number of hydrogen-bond acceptors (Lipinski definition) is 4. The number of aliphatic imine (C=N–C) groups is 1. The molecule has 1 atom stereocenters. The molecule has 7 nitrogen and oxygen atoms in total. The van der Waals surface area contributed by atoms with Crippen LogP contribution in [0.3, 0.4) is 0 Å². The molecule has 1 aliphatic heterocycles. The number of guanidine groups is 1. The van der Waals surface area contributed by atoms with E-state index in [4.69, 9.17) is 9.41 Å². The lowest BCUT2D eigenvalue weighted by Gasteiger charge is -2.26. The van der Waals surface area contributed by atoms with E-state index in [0.29, 0.717) is 6.54 Å². The number of benzene rings is 1. The zero-order chi connectivity index (χ0) is 22.2. The Morgan fingerprint density at radius 3 is 2.55 bits per heavy atom. The number of aryl methyl sites for hydroxylation is 1. The highest BCUT2D eigenvalue weighted by Gasteiger charge is 2.26. The highest BCUT2D eigenvalue weighted by Crippen LogP contribution is 2.26. The van der Waals surface area contributed by atoms with Gasteiger partial charge in [0.05, 0.1) is 19.1 Å². The lowest BCUT2D eigenvalue weighted by molar-refractivity contribution is 0.213. The monoisotopic (exact) mass is 562 g/mol. The van der Waals surface area contributed by atoms with Crippen LogP contribution < -0.4 is 10.6 Å². The van der Waals surface area contributed by atoms with Crippen molar-refractivity contribution in [2.24, 2.45) is 4.99 Å². The molecule has 0 amide bonds. The van der Waals surface area contributed by atoms with Crippen molar-refractivity contribution in [3.8, 4) is 0 Å². The molecule has 3 heterocycles. The van der Waals surface area contributed by atoms with E-state index in [-0.39, 0.29) is 30.0 Å². The van der Waals surface area contributed by atoms with Crippen LogP contribution in [0.15, 0.2) is 64.3 Å². The van der Waals surface area contributed by atoms with Crippen LogP contribution >= 0.6 is 24.0 Å². The van der Waals surface area contributed by atoms with Gasteiger partial charge in [-0.15, -0.1) is 24.0 Å². The molecule has 0 bridgehead atoms. The van der Waals surface area contributed by atoms with Crippen molar-refractivity contribution in [2.45, 2.75) is 45.8 Å². The molecule has 1 aromatic carbocycles. The summed E-state index contributed by atoms with van der Waals surface area (Å²) < 4.78 is 7.94. The van der Waals surface area contributed by atoms with E-state index in [1.54, 1.807) is 0 Å². The van der Waals surface area contributed by atoms with E-state index >= 15 is 0 Å². The highest BCUT2D eigenvalue weighted by molar-refractivity contribution is 14.0. The molecule has 3 aromatic rings. The third kappa shape index (κ3) is 7.07. The second kappa shape index (κ2) is 12.8. The summed E-state index contributed by atoms with van der Waals surface area (Å²) in [5.74, 6) is 2.81. The van der Waals surface area contributed by atoms with Crippen molar-refractivity contribution in [1.29, 1.82) is 0 Å². The van der Waals surface area contributed by atoms with Crippen LogP contribution in [0, 0.1) is 6.92 Å². The summed E-state index contributed by atoms with van der Waals surface area (Å²) in [6.07, 6.45) is 6.29. The number of hydrogen-bond donors (Lipinski definition) is 2. The molecule has 178 valence electrons. The minimum atomic E-state index is 0. The molecule has 0 radical (unpaired) electrons. The zero-order valence-electron chi connectivity index (χ0n) is 19.5. The number of rotatable bonds is 9. The molecule has 1 aliphatic rings. The van der Waals surface area contributed by atoms with Crippen molar-refractivity contribution in [1.82, 2.24) is 25.3 Å². The van der Waals surface area contributed by atoms with Crippen molar-refractivity contribution < 1.29 is 4.42 Å². The lowest BCUT2D eigenvalue weighted by atomic mass is 10.1. The molecule has 1 saturated heterocycles. The minimum absolute atomic E-state index is 0. The van der Waals surface area contributed by atoms with Gasteiger partial charge in [-0.2, -0.15) is 5.10 Å². The number of aromatic nitrogens is 2. The Morgan fingerprint density at radius 2 is 1.88 bits per heavy atom. The zero-order valence-corrected chi connectivity index (χ0v) is 21.9. The topological polar surface area (TPSA) is 70.6 Å². The largest absolute Gasteiger partial charge is 0.465 e. The Labute approximate surface area is 213 Å². The molecule has 0 spiro atoms. The average Bonchev–Trinajstić information content (AvgIpc) is 3.57. The van der Waals surface area contributed by atoms with Crippen molar-refractivity contribution in [2.75, 3.05) is 26.2 Å². The van der Waals surface area contributed by atoms with Crippen LogP contribution in [0.2, 0.25) is 0 Å². The van der Waals surface area contributed by atoms with Crippen LogP contribution in [-0.2, 0) is 13.1 Å². The predicted molar refractivity (Wildman–Crippen MR) is 143 cm³/mol. The van der Waals surface area contributed by atoms with E-state index in [9.17, 15) is 0 Å². The molecular weight excluding hydrogens is 527 g/mol. The van der Waals surface area contributed by atoms with Crippen LogP contribution in [0.4, 0.5) is 0 Å². The summed E-state index contributed by atoms with van der Waals surface area (Å²) in [6, 6.07) is 14.7. The maximum atomic E-state index is 6.00. The van der Waals surface area contributed by atoms with E-state index in [0.717, 1.165) is 50.2 Å². The van der Waals surface area contributed by atoms with Gasteiger partial charge in [-0.3, -0.25) is 9.58 Å². The molecule has 4 rings (SSSR count). The predicted octanol–water partition coefficient (Wildman–Crippen LogP) is 4.34. The van der Waals surface area contributed by atoms with Crippen LogP contribution in [0.1, 0.15) is 48.5 Å². The molecular formula is C25H35IN6O. The van der Waals surface area contributed by atoms with E-state index in [1.165, 1.54) is 24.0 Å². The number of furan rings is 1. The van der Waals surface area contributed by atoms with Crippen LogP contribution in [-0.4, -0.2) is 46.8 Å². The summed E-state index contributed by atoms with van der Waals surface area (Å²) in [4.78, 5) is 7.39. The van der Waals surface area contributed by atoms with Crippen molar-refractivity contribution in [3.63, 3.8) is 0 Å². The molecule has 2 N–H and O–H groups in total. The fraction of sp³-hybridized carbons (Fsp3) is 0.440. The van der Waals surface area contributed by atoms with Gasteiger partial charge in [0, 0.05) is 25.5 Å². The molecule has 0 aliphatic carbocycles. The van der Waals surface area contributed by atoms with Gasteiger partial charge >= 0.3 is 0 Å². The first-order valence-corrected chi connectivity index (χ1v) is 11.6. The van der Waals surface area contributed by atoms with Crippen LogP contribution in [0.25, 0.3) is 0 Å². The smallest absolute Gasteiger partial charge is 0.191 e. The molecule has 0 saturated carbocycles. The number of nitrogens with one attached hydrogen (secondary N) is 2. The molecule has 8 heteroatoms. The van der Waals surface area contributed by atoms with Gasteiger partial charge in [-0.25, -0.2) is 4.99 Å². The second-order valence-corrected chi connectivity index (χ2v) is 8.26.